The Labute approximate surface area is 120 Å². The van der Waals surface area contributed by atoms with Crippen molar-refractivity contribution in [2.24, 2.45) is 5.92 Å². The van der Waals surface area contributed by atoms with Crippen molar-refractivity contribution in [2.75, 3.05) is 13.2 Å². The van der Waals surface area contributed by atoms with Crippen molar-refractivity contribution in [3.8, 4) is 0 Å². The number of carbonyl (C=O) groups excluding carboxylic acids is 2. The van der Waals surface area contributed by atoms with E-state index in [0.717, 1.165) is 12.1 Å². The van der Waals surface area contributed by atoms with E-state index >= 15 is 0 Å². The lowest BCUT2D eigenvalue weighted by Crippen LogP contribution is -2.33. The molecule has 1 N–H and O–H groups in total. The molecule has 0 heterocycles. The monoisotopic (exact) mass is 302 g/mol. The minimum absolute atomic E-state index is 0.0149. The number of benzene rings is 1. The third-order valence-electron chi connectivity index (χ3n) is 2.62. The van der Waals surface area contributed by atoms with Gasteiger partial charge in [0, 0.05) is 6.07 Å². The second-order valence-electron chi connectivity index (χ2n) is 4.13. The van der Waals surface area contributed by atoms with Crippen LogP contribution in [0.4, 0.5) is 8.78 Å². The van der Waals surface area contributed by atoms with Gasteiger partial charge in [0.25, 0.3) is 0 Å². The Bertz CT molecular complexity index is 480. The average Bonchev–Trinajstić information content (AvgIpc) is 2.38. The van der Waals surface area contributed by atoms with Crippen LogP contribution in [0.5, 0.6) is 0 Å². The zero-order valence-electron chi connectivity index (χ0n) is 11.6. The van der Waals surface area contributed by atoms with Gasteiger partial charge in [-0.15, -0.1) is 0 Å². The number of hydrogen-bond acceptors (Lipinski definition) is 5. The number of rotatable bonds is 6. The second-order valence-corrected chi connectivity index (χ2v) is 4.13. The van der Waals surface area contributed by atoms with E-state index in [1.807, 2.05) is 0 Å². The third-order valence-corrected chi connectivity index (χ3v) is 2.62. The number of ether oxygens (including phenoxy) is 2. The molecule has 0 spiro atoms. The molecular weight excluding hydrogens is 286 g/mol. The Balaban J connectivity index is 3.11. The summed E-state index contributed by atoms with van der Waals surface area (Å²) in [5.74, 6) is -5.61. The molecule has 0 aliphatic rings. The van der Waals surface area contributed by atoms with Crippen LogP contribution in [0.15, 0.2) is 18.2 Å². The summed E-state index contributed by atoms with van der Waals surface area (Å²) in [6, 6.07) is 2.28. The predicted octanol–water partition coefficient (Wildman–Crippen LogP) is 1.74. The highest BCUT2D eigenvalue weighted by Crippen LogP contribution is 2.26. The maximum atomic E-state index is 13.2. The molecule has 0 fully saturated rings. The standard InChI is InChI=1S/C14H16F2O5/c1-3-20-13(18)11(14(19)21-4-2)12(17)8-5-9(15)7-10(16)6-8/h5-7,11-12,17H,3-4H2,1-2H3. The van der Waals surface area contributed by atoms with Crippen molar-refractivity contribution >= 4 is 11.9 Å². The van der Waals surface area contributed by atoms with Gasteiger partial charge in [0.15, 0.2) is 5.92 Å². The highest BCUT2D eigenvalue weighted by atomic mass is 19.1. The molecule has 0 saturated heterocycles. The van der Waals surface area contributed by atoms with E-state index in [0.29, 0.717) is 6.07 Å². The Morgan fingerprint density at radius 3 is 1.86 bits per heavy atom. The molecule has 0 bridgehead atoms. The summed E-state index contributed by atoms with van der Waals surface area (Å²) >= 11 is 0. The molecule has 5 nitrogen and oxygen atoms in total. The smallest absolute Gasteiger partial charge is 0.323 e. The van der Waals surface area contributed by atoms with Crippen LogP contribution < -0.4 is 0 Å². The molecular formula is C14H16F2O5. The highest BCUT2D eigenvalue weighted by Gasteiger charge is 2.37. The molecule has 116 valence electrons. The lowest BCUT2D eigenvalue weighted by molar-refractivity contribution is -0.167. The number of carbonyl (C=O) groups is 2. The normalized spacial score (nSPS) is 12.1. The van der Waals surface area contributed by atoms with Crippen LogP contribution in [0, 0.1) is 17.6 Å². The van der Waals surface area contributed by atoms with Gasteiger partial charge in [-0.1, -0.05) is 0 Å². The first-order chi connectivity index (χ1) is 9.90. The van der Waals surface area contributed by atoms with E-state index in [-0.39, 0.29) is 18.8 Å². The topological polar surface area (TPSA) is 72.8 Å². The summed E-state index contributed by atoms with van der Waals surface area (Å²) in [5, 5.41) is 10.1. The molecule has 21 heavy (non-hydrogen) atoms. The molecule has 0 aromatic heterocycles. The van der Waals surface area contributed by atoms with Gasteiger partial charge in [-0.2, -0.15) is 0 Å². The Morgan fingerprint density at radius 2 is 1.48 bits per heavy atom. The lowest BCUT2D eigenvalue weighted by Gasteiger charge is -2.20. The Morgan fingerprint density at radius 1 is 1.05 bits per heavy atom. The van der Waals surface area contributed by atoms with Gasteiger partial charge in [-0.25, -0.2) is 8.78 Å². The van der Waals surface area contributed by atoms with E-state index in [4.69, 9.17) is 0 Å². The van der Waals surface area contributed by atoms with E-state index in [2.05, 4.69) is 9.47 Å². The SMILES string of the molecule is CCOC(=O)C(C(=O)OCC)C(O)c1cc(F)cc(F)c1. The zero-order valence-corrected chi connectivity index (χ0v) is 11.6. The number of aliphatic hydroxyl groups is 1. The van der Waals surface area contributed by atoms with Gasteiger partial charge >= 0.3 is 11.9 Å². The van der Waals surface area contributed by atoms with E-state index in [9.17, 15) is 23.5 Å². The zero-order chi connectivity index (χ0) is 16.0. The van der Waals surface area contributed by atoms with Gasteiger partial charge in [0.2, 0.25) is 0 Å². The minimum atomic E-state index is -1.77. The fourth-order valence-electron chi connectivity index (χ4n) is 1.76. The van der Waals surface area contributed by atoms with E-state index < -0.39 is 35.6 Å². The van der Waals surface area contributed by atoms with Crippen molar-refractivity contribution < 1.29 is 33.0 Å². The van der Waals surface area contributed by atoms with Crippen LogP contribution in [0.1, 0.15) is 25.5 Å². The Kier molecular flexibility index (Phi) is 6.23. The summed E-state index contributed by atoms with van der Waals surface area (Å²) in [5.41, 5.74) is -0.251. The molecule has 0 saturated carbocycles. The molecule has 0 radical (unpaired) electrons. The molecule has 1 unspecified atom stereocenters. The van der Waals surface area contributed by atoms with Crippen molar-refractivity contribution in [2.45, 2.75) is 20.0 Å². The van der Waals surface area contributed by atoms with Crippen LogP contribution in [-0.2, 0) is 19.1 Å². The number of esters is 2. The summed E-state index contributed by atoms with van der Waals surface area (Å²) < 4.78 is 35.7. The van der Waals surface area contributed by atoms with Crippen molar-refractivity contribution in [1.82, 2.24) is 0 Å². The van der Waals surface area contributed by atoms with Crippen LogP contribution >= 0.6 is 0 Å². The summed E-state index contributed by atoms with van der Waals surface area (Å²) in [6.45, 7) is 3.01. The molecule has 1 atom stereocenters. The largest absolute Gasteiger partial charge is 0.465 e. The van der Waals surface area contributed by atoms with Crippen LogP contribution in [0.2, 0.25) is 0 Å². The summed E-state index contributed by atoms with van der Waals surface area (Å²) in [4.78, 5) is 23.5. The van der Waals surface area contributed by atoms with Crippen molar-refractivity contribution in [1.29, 1.82) is 0 Å². The molecule has 1 aromatic carbocycles. The number of hydrogen-bond donors (Lipinski definition) is 1. The minimum Gasteiger partial charge on any atom is -0.465 e. The number of aliphatic hydroxyl groups excluding tert-OH is 1. The van der Waals surface area contributed by atoms with Gasteiger partial charge in [0.05, 0.1) is 13.2 Å². The maximum absolute atomic E-state index is 13.2. The Hall–Kier alpha value is -2.02. The molecule has 1 rings (SSSR count). The van der Waals surface area contributed by atoms with Crippen LogP contribution in [-0.4, -0.2) is 30.3 Å². The summed E-state index contributed by atoms with van der Waals surface area (Å²) in [7, 11) is 0. The molecule has 7 heteroatoms. The maximum Gasteiger partial charge on any atom is 0.323 e. The van der Waals surface area contributed by atoms with Gasteiger partial charge < -0.3 is 14.6 Å². The quantitative estimate of drug-likeness (QED) is 0.640. The molecule has 0 aliphatic carbocycles. The molecule has 0 aliphatic heterocycles. The van der Waals surface area contributed by atoms with Crippen molar-refractivity contribution in [3.63, 3.8) is 0 Å². The molecule has 1 aromatic rings. The fraction of sp³-hybridized carbons (Fsp3) is 0.429. The van der Waals surface area contributed by atoms with E-state index in [1.54, 1.807) is 0 Å². The molecule has 0 amide bonds. The average molecular weight is 302 g/mol. The van der Waals surface area contributed by atoms with Gasteiger partial charge in [-0.3, -0.25) is 9.59 Å². The summed E-state index contributed by atoms with van der Waals surface area (Å²) in [6.07, 6.45) is -1.77. The third kappa shape index (κ3) is 4.49. The van der Waals surface area contributed by atoms with Crippen LogP contribution in [0.3, 0.4) is 0 Å². The number of halogens is 2. The van der Waals surface area contributed by atoms with Gasteiger partial charge in [-0.05, 0) is 31.5 Å². The first kappa shape index (κ1) is 17.0. The first-order valence-electron chi connectivity index (χ1n) is 6.38. The van der Waals surface area contributed by atoms with Crippen molar-refractivity contribution in [3.05, 3.63) is 35.4 Å². The highest BCUT2D eigenvalue weighted by molar-refractivity contribution is 5.95. The fourth-order valence-corrected chi connectivity index (χ4v) is 1.76. The van der Waals surface area contributed by atoms with Gasteiger partial charge in [0.1, 0.15) is 17.7 Å². The lowest BCUT2D eigenvalue weighted by atomic mass is 9.95. The predicted molar refractivity (Wildman–Crippen MR) is 68.1 cm³/mol. The van der Waals surface area contributed by atoms with Crippen LogP contribution in [0.25, 0.3) is 0 Å². The second kappa shape index (κ2) is 7.68. The first-order valence-corrected chi connectivity index (χ1v) is 6.38. The van der Waals surface area contributed by atoms with E-state index in [1.165, 1.54) is 13.8 Å².